The second-order valence-corrected chi connectivity index (χ2v) is 21.4. The first-order valence-corrected chi connectivity index (χ1v) is 21.7. The molecule has 0 aromatic carbocycles. The van der Waals surface area contributed by atoms with Crippen molar-refractivity contribution >= 4 is 39.4 Å². The molecule has 0 aromatic rings. The maximum Gasteiger partial charge on any atom is 0.315 e. The van der Waals surface area contributed by atoms with E-state index in [-0.39, 0.29) is 35.0 Å². The lowest BCUT2D eigenvalue weighted by atomic mass is 9.70. The fourth-order valence-electron chi connectivity index (χ4n) is 9.26. The van der Waals surface area contributed by atoms with E-state index in [1.807, 2.05) is 13.8 Å². The number of piperidine rings is 1. The van der Waals surface area contributed by atoms with Crippen LogP contribution in [0.25, 0.3) is 0 Å². The van der Waals surface area contributed by atoms with E-state index >= 15 is 0 Å². The third-order valence-electron chi connectivity index (χ3n) is 13.2. The van der Waals surface area contributed by atoms with Gasteiger partial charge in [0.25, 0.3) is 5.91 Å². The number of urea groups is 1. The minimum absolute atomic E-state index is 0.00797. The number of carbonyl (C=O) groups excluding carboxylic acids is 5. The smallest absolute Gasteiger partial charge is 0.315 e. The maximum atomic E-state index is 14.9. The molecule has 1 heterocycles. The van der Waals surface area contributed by atoms with Gasteiger partial charge in [0.15, 0.2) is 9.84 Å². The highest BCUT2D eigenvalue weighted by molar-refractivity contribution is 7.92. The van der Waals surface area contributed by atoms with Crippen LogP contribution in [-0.4, -0.2) is 89.6 Å². The second kappa shape index (κ2) is 15.2. The number of sulfone groups is 1. The van der Waals surface area contributed by atoms with Crippen molar-refractivity contribution in [3.8, 4) is 0 Å². The quantitative estimate of drug-likeness (QED) is 0.189. The summed E-state index contributed by atoms with van der Waals surface area (Å²) in [6.07, 6.45) is 11.4. The number of amides is 5. The SMILES string of the molecule is CCCC[C@H](NC(=O)C1C2C(CN1C(=O)[C@@H](NC(=O)NC1(CS(=O)(=O)C(C)(C)C)CCCCC1)C1(C)CCCCC1)C2(C)C)C(=O)C(=O)NC1CC1. The number of hydrogen-bond acceptors (Lipinski definition) is 7. The van der Waals surface area contributed by atoms with Gasteiger partial charge in [-0.15, -0.1) is 0 Å². The van der Waals surface area contributed by atoms with Gasteiger partial charge in [-0.2, -0.15) is 0 Å². The average Bonchev–Trinajstić information content (AvgIpc) is 3.92. The predicted octanol–water partition coefficient (Wildman–Crippen LogP) is 4.55. The highest BCUT2D eigenvalue weighted by atomic mass is 32.2. The van der Waals surface area contributed by atoms with Gasteiger partial charge in [-0.3, -0.25) is 19.2 Å². The van der Waals surface area contributed by atoms with Crippen LogP contribution in [0.2, 0.25) is 0 Å². The van der Waals surface area contributed by atoms with Crippen LogP contribution in [0.1, 0.15) is 145 Å². The largest absolute Gasteiger partial charge is 0.347 e. The van der Waals surface area contributed by atoms with Crippen molar-refractivity contribution in [2.75, 3.05) is 12.3 Å². The lowest BCUT2D eigenvalue weighted by Crippen LogP contribution is -2.65. The van der Waals surface area contributed by atoms with Gasteiger partial charge in [-0.05, 0) is 88.4 Å². The molecule has 5 atom stereocenters. The summed E-state index contributed by atoms with van der Waals surface area (Å²) in [7, 11) is -3.56. The summed E-state index contributed by atoms with van der Waals surface area (Å²) in [4.78, 5) is 71.0. The Bertz CT molecular complexity index is 1490. The molecule has 5 aliphatic rings. The van der Waals surface area contributed by atoms with Crippen LogP contribution in [0.5, 0.6) is 0 Å². The lowest BCUT2D eigenvalue weighted by Gasteiger charge is -2.44. The molecule has 0 spiro atoms. The minimum atomic E-state index is -3.56. The zero-order valence-electron chi connectivity index (χ0n) is 32.7. The van der Waals surface area contributed by atoms with Crippen molar-refractivity contribution < 1.29 is 32.4 Å². The van der Waals surface area contributed by atoms with E-state index in [9.17, 15) is 32.4 Å². The number of likely N-dealkylation sites (tertiary alicyclic amines) is 1. The first-order chi connectivity index (χ1) is 24.3. The Kier molecular flexibility index (Phi) is 11.8. The molecule has 5 rings (SSSR count). The summed E-state index contributed by atoms with van der Waals surface area (Å²) in [6, 6.07) is -3.33. The summed E-state index contributed by atoms with van der Waals surface area (Å²) >= 11 is 0. The van der Waals surface area contributed by atoms with E-state index in [1.165, 1.54) is 0 Å². The molecule has 0 aromatic heterocycles. The number of carbonyl (C=O) groups is 5. The van der Waals surface area contributed by atoms with Crippen LogP contribution >= 0.6 is 0 Å². The molecular weight excluding hydrogens is 683 g/mol. The third-order valence-corrected chi connectivity index (χ3v) is 16.0. The molecule has 12 nitrogen and oxygen atoms in total. The molecule has 4 saturated carbocycles. The molecule has 1 saturated heterocycles. The van der Waals surface area contributed by atoms with Crippen molar-refractivity contribution in [3.63, 3.8) is 0 Å². The summed E-state index contributed by atoms with van der Waals surface area (Å²) < 4.78 is 25.9. The first-order valence-electron chi connectivity index (χ1n) is 20.0. The summed E-state index contributed by atoms with van der Waals surface area (Å²) in [5, 5.41) is 11.8. The van der Waals surface area contributed by atoms with E-state index in [2.05, 4.69) is 35.1 Å². The number of fused-ring (bicyclic) bond motifs is 1. The van der Waals surface area contributed by atoms with E-state index in [0.29, 0.717) is 32.2 Å². The Morgan fingerprint density at radius 1 is 0.865 bits per heavy atom. The molecule has 5 amide bonds. The third kappa shape index (κ3) is 8.65. The monoisotopic (exact) mass is 747 g/mol. The van der Waals surface area contributed by atoms with Crippen molar-refractivity contribution in [1.82, 2.24) is 26.2 Å². The molecule has 5 fully saturated rings. The van der Waals surface area contributed by atoms with Crippen LogP contribution in [0, 0.1) is 22.7 Å². The Morgan fingerprint density at radius 2 is 1.46 bits per heavy atom. The van der Waals surface area contributed by atoms with Gasteiger partial charge in [0.05, 0.1) is 22.1 Å². The standard InChI is InChI=1S/C39H65N5O7S/c1-8-9-16-27(30(45)33(47)40-25-17-18-25)41-32(46)29-28-26(37(28,5)6)23-44(29)34(48)31(38(7)19-12-10-13-20-38)42-35(49)43-39(21-14-11-15-22-39)24-52(50,51)36(2,3)4/h25-29,31H,8-24H2,1-7H3,(H,40,47)(H,41,46)(H2,42,43,49)/t26?,27-,28?,29?,31+/m0/s1. The van der Waals surface area contributed by atoms with Gasteiger partial charge in [0.2, 0.25) is 17.6 Å². The number of nitrogens with one attached hydrogen (secondary N) is 4. The van der Waals surface area contributed by atoms with E-state index in [4.69, 9.17) is 0 Å². The second-order valence-electron chi connectivity index (χ2n) is 18.7. The molecule has 1 aliphatic heterocycles. The summed E-state index contributed by atoms with van der Waals surface area (Å²) in [5.74, 6) is -2.32. The van der Waals surface area contributed by atoms with Crippen molar-refractivity contribution in [2.24, 2.45) is 22.7 Å². The Morgan fingerprint density at radius 3 is 2.02 bits per heavy atom. The maximum absolute atomic E-state index is 14.9. The van der Waals surface area contributed by atoms with Crippen LogP contribution in [-0.2, 0) is 29.0 Å². The zero-order chi connectivity index (χ0) is 38.3. The molecule has 0 bridgehead atoms. The Hall–Kier alpha value is -2.70. The minimum Gasteiger partial charge on any atom is -0.347 e. The van der Waals surface area contributed by atoms with E-state index in [0.717, 1.165) is 70.6 Å². The van der Waals surface area contributed by atoms with Crippen LogP contribution in [0.4, 0.5) is 4.79 Å². The average molecular weight is 748 g/mol. The van der Waals surface area contributed by atoms with Crippen LogP contribution in [0.15, 0.2) is 0 Å². The fourth-order valence-corrected chi connectivity index (χ4v) is 10.8. The molecule has 294 valence electrons. The summed E-state index contributed by atoms with van der Waals surface area (Å²) in [5.41, 5.74) is -1.71. The molecule has 13 heteroatoms. The van der Waals surface area contributed by atoms with Crippen molar-refractivity contribution in [1.29, 1.82) is 0 Å². The number of ketones is 1. The molecule has 4 aliphatic carbocycles. The van der Waals surface area contributed by atoms with Gasteiger partial charge in [-0.25, -0.2) is 13.2 Å². The highest BCUT2D eigenvalue weighted by Gasteiger charge is 2.70. The predicted molar refractivity (Wildman–Crippen MR) is 200 cm³/mol. The van der Waals surface area contributed by atoms with Crippen LogP contribution < -0.4 is 21.3 Å². The zero-order valence-corrected chi connectivity index (χ0v) is 33.5. The van der Waals surface area contributed by atoms with E-state index < -0.39 is 67.3 Å². The Balaban J connectivity index is 1.39. The fraction of sp³-hybridized carbons (Fsp3) is 0.872. The van der Waals surface area contributed by atoms with E-state index in [1.54, 1.807) is 25.7 Å². The lowest BCUT2D eigenvalue weighted by molar-refractivity contribution is -0.146. The number of unbranched alkanes of at least 4 members (excludes halogenated alkanes) is 1. The molecule has 3 unspecified atom stereocenters. The molecule has 4 N–H and O–H groups in total. The van der Waals surface area contributed by atoms with Gasteiger partial charge in [0, 0.05) is 12.6 Å². The Labute approximate surface area is 311 Å². The normalized spacial score (nSPS) is 27.4. The van der Waals surface area contributed by atoms with Crippen molar-refractivity contribution in [3.05, 3.63) is 0 Å². The number of hydrogen-bond donors (Lipinski definition) is 4. The number of rotatable bonds is 14. The van der Waals surface area contributed by atoms with Crippen molar-refractivity contribution in [2.45, 2.75) is 179 Å². The topological polar surface area (TPSA) is 171 Å². The molecular formula is C39H65N5O7S. The summed E-state index contributed by atoms with van der Waals surface area (Å²) in [6.45, 7) is 13.6. The number of nitrogens with zero attached hydrogens (tertiary/aromatic N) is 1. The molecule has 52 heavy (non-hydrogen) atoms. The van der Waals surface area contributed by atoms with Gasteiger partial charge < -0.3 is 26.2 Å². The first kappa shape index (κ1) is 40.5. The van der Waals surface area contributed by atoms with Gasteiger partial charge >= 0.3 is 6.03 Å². The van der Waals surface area contributed by atoms with Gasteiger partial charge in [-0.1, -0.05) is 79.1 Å². The number of Topliss-reactive ketones (excluding diaryl/α,β-unsaturated/α-hetero) is 1. The van der Waals surface area contributed by atoms with Gasteiger partial charge in [0.1, 0.15) is 12.1 Å². The molecule has 0 radical (unpaired) electrons. The van der Waals surface area contributed by atoms with Crippen LogP contribution in [0.3, 0.4) is 0 Å². The highest BCUT2D eigenvalue weighted by Crippen LogP contribution is 2.65.